The molecule has 0 radical (unpaired) electrons. The van der Waals surface area contributed by atoms with Gasteiger partial charge in [0.15, 0.2) is 10.8 Å². The molecule has 3 aromatic rings. The monoisotopic (exact) mass is 284 g/mol. The number of thioether (sulfide) groups is 1. The second-order valence-electron chi connectivity index (χ2n) is 5.33. The van der Waals surface area contributed by atoms with Crippen LogP contribution >= 0.6 is 11.8 Å². The first-order valence-corrected chi connectivity index (χ1v) is 7.98. The summed E-state index contributed by atoms with van der Waals surface area (Å²) in [6, 6.07) is 8.17. The van der Waals surface area contributed by atoms with E-state index in [0.717, 1.165) is 27.5 Å². The van der Waals surface area contributed by atoms with Gasteiger partial charge in [0.2, 0.25) is 0 Å². The second-order valence-corrected chi connectivity index (χ2v) is 6.60. The van der Waals surface area contributed by atoms with Crippen molar-refractivity contribution in [3.8, 4) is 0 Å². The zero-order valence-electron chi connectivity index (χ0n) is 11.4. The average molecular weight is 284 g/mol. The van der Waals surface area contributed by atoms with Crippen molar-refractivity contribution < 1.29 is 0 Å². The summed E-state index contributed by atoms with van der Waals surface area (Å²) < 4.78 is 1.92. The number of hydrogen-bond donors (Lipinski definition) is 0. The molecule has 0 amide bonds. The van der Waals surface area contributed by atoms with Crippen LogP contribution in [0.5, 0.6) is 0 Å². The normalized spacial score (nSPS) is 16.4. The molecule has 20 heavy (non-hydrogen) atoms. The zero-order valence-corrected chi connectivity index (χ0v) is 12.2. The van der Waals surface area contributed by atoms with Crippen molar-refractivity contribution in [2.24, 2.45) is 0 Å². The van der Waals surface area contributed by atoms with Crippen LogP contribution in [0, 0.1) is 6.92 Å². The Morgan fingerprint density at radius 1 is 1.15 bits per heavy atom. The second kappa shape index (κ2) is 4.74. The minimum atomic E-state index is 0.677. The van der Waals surface area contributed by atoms with E-state index >= 15 is 0 Å². The molecule has 0 saturated heterocycles. The molecule has 2 aromatic heterocycles. The molecule has 4 nitrogen and oxygen atoms in total. The van der Waals surface area contributed by atoms with Crippen LogP contribution in [0.15, 0.2) is 29.4 Å². The summed E-state index contributed by atoms with van der Waals surface area (Å²) in [4.78, 5) is 9.38. The van der Waals surface area contributed by atoms with Gasteiger partial charge in [0, 0.05) is 10.6 Å². The van der Waals surface area contributed by atoms with E-state index in [1.54, 1.807) is 0 Å². The minimum absolute atomic E-state index is 0.677. The van der Waals surface area contributed by atoms with Crippen molar-refractivity contribution in [2.45, 2.75) is 43.0 Å². The van der Waals surface area contributed by atoms with Gasteiger partial charge in [-0.05, 0) is 31.9 Å². The van der Waals surface area contributed by atoms with Crippen LogP contribution < -0.4 is 0 Å². The molecule has 1 saturated carbocycles. The maximum Gasteiger partial charge on any atom is 0.191 e. The van der Waals surface area contributed by atoms with E-state index in [1.165, 1.54) is 25.7 Å². The van der Waals surface area contributed by atoms with Crippen LogP contribution in [-0.2, 0) is 0 Å². The Morgan fingerprint density at radius 2 is 1.95 bits per heavy atom. The Kier molecular flexibility index (Phi) is 2.88. The summed E-state index contributed by atoms with van der Waals surface area (Å²) >= 11 is 1.86. The van der Waals surface area contributed by atoms with E-state index in [-0.39, 0.29) is 0 Å². The molecule has 0 unspecified atom stereocenters. The number of aryl methyl sites for hydroxylation is 1. The number of rotatable bonds is 2. The summed E-state index contributed by atoms with van der Waals surface area (Å²) in [6.07, 6.45) is 5.25. The molecule has 0 aliphatic heterocycles. The fourth-order valence-corrected chi connectivity index (χ4v) is 4.11. The zero-order chi connectivity index (χ0) is 13.5. The molecule has 4 rings (SSSR count). The van der Waals surface area contributed by atoms with Crippen LogP contribution in [0.1, 0.15) is 31.5 Å². The van der Waals surface area contributed by atoms with Crippen LogP contribution in [0.25, 0.3) is 16.6 Å². The first-order valence-electron chi connectivity index (χ1n) is 7.10. The standard InChI is InChI=1S/C15H16N4S/c1-10-16-14-12-8-4-5-9-13(12)17-15(19(14)18-10)20-11-6-2-3-7-11/h4-5,8-9,11H,2-3,6-7H2,1H3. The van der Waals surface area contributed by atoms with Gasteiger partial charge in [-0.3, -0.25) is 0 Å². The smallest absolute Gasteiger partial charge is 0.191 e. The maximum atomic E-state index is 4.80. The van der Waals surface area contributed by atoms with E-state index in [2.05, 4.69) is 22.2 Å². The van der Waals surface area contributed by atoms with E-state index in [4.69, 9.17) is 4.98 Å². The number of aromatic nitrogens is 4. The Labute approximate surface area is 121 Å². The quantitative estimate of drug-likeness (QED) is 0.674. The number of benzene rings is 1. The third-order valence-corrected chi connectivity index (χ3v) is 5.11. The first-order chi connectivity index (χ1) is 9.81. The van der Waals surface area contributed by atoms with Crippen molar-refractivity contribution in [2.75, 3.05) is 0 Å². The molecule has 1 aliphatic rings. The largest absolute Gasteiger partial charge is 0.222 e. The highest BCUT2D eigenvalue weighted by Crippen LogP contribution is 2.34. The van der Waals surface area contributed by atoms with Gasteiger partial charge in [0.05, 0.1) is 5.52 Å². The van der Waals surface area contributed by atoms with E-state index < -0.39 is 0 Å². The lowest BCUT2D eigenvalue weighted by molar-refractivity contribution is 0.787. The van der Waals surface area contributed by atoms with Crippen molar-refractivity contribution in [3.63, 3.8) is 0 Å². The van der Waals surface area contributed by atoms with Crippen LogP contribution in [0.3, 0.4) is 0 Å². The van der Waals surface area contributed by atoms with Gasteiger partial charge in [-0.15, -0.1) is 5.10 Å². The molecule has 1 fully saturated rings. The topological polar surface area (TPSA) is 43.1 Å². The van der Waals surface area contributed by atoms with Gasteiger partial charge in [0.1, 0.15) is 5.82 Å². The van der Waals surface area contributed by atoms with Crippen LogP contribution in [0.4, 0.5) is 0 Å². The summed E-state index contributed by atoms with van der Waals surface area (Å²) in [5, 5.41) is 7.26. The SMILES string of the molecule is Cc1nc2c3ccccc3nc(SC3CCCC3)n2n1. The lowest BCUT2D eigenvalue weighted by atomic mass is 10.2. The first kappa shape index (κ1) is 12.1. The Balaban J connectivity index is 1.92. The Bertz CT molecular complexity index is 774. The van der Waals surface area contributed by atoms with Crippen molar-refractivity contribution >= 4 is 28.3 Å². The summed E-state index contributed by atoms with van der Waals surface area (Å²) in [7, 11) is 0. The van der Waals surface area contributed by atoms with Gasteiger partial charge < -0.3 is 0 Å². The van der Waals surface area contributed by atoms with E-state index in [1.807, 2.05) is 35.3 Å². The molecule has 0 bridgehead atoms. The van der Waals surface area contributed by atoms with E-state index in [9.17, 15) is 0 Å². The van der Waals surface area contributed by atoms with Gasteiger partial charge >= 0.3 is 0 Å². The molecule has 102 valence electrons. The minimum Gasteiger partial charge on any atom is -0.222 e. The lowest BCUT2D eigenvalue weighted by Gasteiger charge is -2.10. The van der Waals surface area contributed by atoms with Crippen molar-refractivity contribution in [1.29, 1.82) is 0 Å². The van der Waals surface area contributed by atoms with Crippen molar-refractivity contribution in [3.05, 3.63) is 30.1 Å². The van der Waals surface area contributed by atoms with Gasteiger partial charge in [-0.2, -0.15) is 4.52 Å². The molecule has 0 atom stereocenters. The highest BCUT2D eigenvalue weighted by molar-refractivity contribution is 7.99. The predicted octanol–water partition coefficient (Wildman–Crippen LogP) is 3.62. The third-order valence-electron chi connectivity index (χ3n) is 3.83. The van der Waals surface area contributed by atoms with E-state index in [0.29, 0.717) is 5.25 Å². The molecular formula is C15H16N4S. The Hall–Kier alpha value is -1.62. The fraction of sp³-hybridized carbons (Fsp3) is 0.400. The van der Waals surface area contributed by atoms with Gasteiger partial charge in [-0.1, -0.05) is 36.7 Å². The Morgan fingerprint density at radius 3 is 2.80 bits per heavy atom. The predicted molar refractivity (Wildman–Crippen MR) is 81.1 cm³/mol. The highest BCUT2D eigenvalue weighted by Gasteiger charge is 2.20. The fourth-order valence-electron chi connectivity index (χ4n) is 2.86. The molecule has 1 aromatic carbocycles. The molecule has 0 N–H and O–H groups in total. The number of para-hydroxylation sites is 1. The molecule has 5 heteroatoms. The molecule has 0 spiro atoms. The number of nitrogens with zero attached hydrogens (tertiary/aromatic N) is 4. The van der Waals surface area contributed by atoms with Gasteiger partial charge in [-0.25, -0.2) is 9.97 Å². The molecule has 2 heterocycles. The lowest BCUT2D eigenvalue weighted by Crippen LogP contribution is -2.02. The average Bonchev–Trinajstić information content (AvgIpc) is 3.08. The number of hydrogen-bond acceptors (Lipinski definition) is 4. The van der Waals surface area contributed by atoms with Crippen molar-refractivity contribution in [1.82, 2.24) is 19.6 Å². The highest BCUT2D eigenvalue weighted by atomic mass is 32.2. The summed E-state index contributed by atoms with van der Waals surface area (Å²) in [5.41, 5.74) is 1.93. The number of fused-ring (bicyclic) bond motifs is 3. The van der Waals surface area contributed by atoms with Gasteiger partial charge in [0.25, 0.3) is 0 Å². The summed E-state index contributed by atoms with van der Waals surface area (Å²) in [6.45, 7) is 1.94. The third kappa shape index (κ3) is 1.97. The summed E-state index contributed by atoms with van der Waals surface area (Å²) in [5.74, 6) is 0.802. The molecule has 1 aliphatic carbocycles. The van der Waals surface area contributed by atoms with Crippen LogP contribution in [0.2, 0.25) is 0 Å². The van der Waals surface area contributed by atoms with Crippen LogP contribution in [-0.4, -0.2) is 24.8 Å². The molecular weight excluding hydrogens is 268 g/mol. The maximum absolute atomic E-state index is 4.80.